The van der Waals surface area contributed by atoms with Gasteiger partial charge in [-0.15, -0.1) is 0 Å². The van der Waals surface area contributed by atoms with Gasteiger partial charge in [0.05, 0.1) is 18.3 Å². The number of aromatic nitrogens is 1. The molecule has 0 unspecified atom stereocenters. The summed E-state index contributed by atoms with van der Waals surface area (Å²) in [7, 11) is 0. The van der Waals surface area contributed by atoms with Crippen LogP contribution in [-0.4, -0.2) is 22.1 Å². The van der Waals surface area contributed by atoms with E-state index in [-0.39, 0.29) is 12.2 Å². The van der Waals surface area contributed by atoms with Crippen LogP contribution in [0.5, 0.6) is 0 Å². The molecular formula is C13H12FN3O4. The summed E-state index contributed by atoms with van der Waals surface area (Å²) < 4.78 is 18.6. The first-order chi connectivity index (χ1) is 9.95. The summed E-state index contributed by atoms with van der Waals surface area (Å²) in [6, 6.07) is 2.71. The molecule has 2 aromatic rings. The Bertz CT molecular complexity index is 684. The summed E-state index contributed by atoms with van der Waals surface area (Å²) in [5, 5.41) is 13.5. The summed E-state index contributed by atoms with van der Waals surface area (Å²) in [5.74, 6) is -1.33. The predicted octanol–water partition coefficient (Wildman–Crippen LogP) is 2.14. The fraction of sp³-hybridized carbons (Fsp3) is 0.154. The van der Waals surface area contributed by atoms with Crippen LogP contribution in [-0.2, 0) is 6.54 Å². The van der Waals surface area contributed by atoms with E-state index in [0.717, 1.165) is 12.1 Å². The maximum absolute atomic E-state index is 13.4. The van der Waals surface area contributed by atoms with Gasteiger partial charge in [-0.1, -0.05) is 0 Å². The van der Waals surface area contributed by atoms with E-state index < -0.39 is 23.4 Å². The average molecular weight is 293 g/mol. The fourth-order valence-corrected chi connectivity index (χ4v) is 1.58. The highest BCUT2D eigenvalue weighted by atomic mass is 19.1. The van der Waals surface area contributed by atoms with Crippen molar-refractivity contribution in [1.29, 1.82) is 0 Å². The van der Waals surface area contributed by atoms with E-state index >= 15 is 0 Å². The summed E-state index contributed by atoms with van der Waals surface area (Å²) in [6.45, 7) is 1.80. The number of nitrogens with one attached hydrogen (secondary N) is 2. The number of carbonyl (C=O) groups excluding carboxylic acids is 1. The van der Waals surface area contributed by atoms with Crippen molar-refractivity contribution in [2.45, 2.75) is 13.5 Å². The van der Waals surface area contributed by atoms with Crippen LogP contribution in [0.4, 0.5) is 14.9 Å². The standard InChI is InChI=1S/C13H12FN3O4/c1-7-5-15-11(21-7)6-16-13(20)17-8-2-3-9(12(18)19)10(14)4-8/h2-5H,6H2,1H3,(H,18,19)(H2,16,17,20). The lowest BCUT2D eigenvalue weighted by molar-refractivity contribution is 0.0692. The summed E-state index contributed by atoms with van der Waals surface area (Å²) in [6.07, 6.45) is 1.52. The van der Waals surface area contributed by atoms with Crippen molar-refractivity contribution < 1.29 is 23.5 Å². The molecule has 2 rings (SSSR count). The molecule has 1 aromatic carbocycles. The van der Waals surface area contributed by atoms with Crippen LogP contribution in [0.15, 0.2) is 28.8 Å². The number of aromatic carboxylic acids is 1. The molecule has 0 aliphatic rings. The molecule has 0 atom stereocenters. The molecule has 0 saturated heterocycles. The Balaban J connectivity index is 1.93. The molecule has 21 heavy (non-hydrogen) atoms. The van der Waals surface area contributed by atoms with Gasteiger partial charge in [0.2, 0.25) is 5.89 Å². The maximum Gasteiger partial charge on any atom is 0.338 e. The molecule has 7 nitrogen and oxygen atoms in total. The minimum absolute atomic E-state index is 0.0787. The number of hydrogen-bond acceptors (Lipinski definition) is 4. The van der Waals surface area contributed by atoms with Gasteiger partial charge in [-0.2, -0.15) is 0 Å². The van der Waals surface area contributed by atoms with Gasteiger partial charge < -0.3 is 20.2 Å². The Morgan fingerprint density at radius 3 is 2.76 bits per heavy atom. The van der Waals surface area contributed by atoms with Crippen molar-refractivity contribution in [1.82, 2.24) is 10.3 Å². The number of rotatable bonds is 4. The number of anilines is 1. The average Bonchev–Trinajstić information content (AvgIpc) is 2.82. The van der Waals surface area contributed by atoms with E-state index in [0.29, 0.717) is 11.7 Å². The van der Waals surface area contributed by atoms with Crippen LogP contribution in [0.25, 0.3) is 0 Å². The molecule has 0 fully saturated rings. The van der Waals surface area contributed by atoms with Gasteiger partial charge in [-0.05, 0) is 25.1 Å². The molecule has 0 radical (unpaired) electrons. The first kappa shape index (κ1) is 14.5. The lowest BCUT2D eigenvalue weighted by atomic mass is 10.2. The van der Waals surface area contributed by atoms with Crippen molar-refractivity contribution >= 4 is 17.7 Å². The number of amides is 2. The maximum atomic E-state index is 13.4. The van der Waals surface area contributed by atoms with Crippen LogP contribution in [0.1, 0.15) is 22.0 Å². The molecule has 8 heteroatoms. The largest absolute Gasteiger partial charge is 0.478 e. The van der Waals surface area contributed by atoms with Crippen LogP contribution in [0.2, 0.25) is 0 Å². The van der Waals surface area contributed by atoms with Crippen molar-refractivity contribution in [2.75, 3.05) is 5.32 Å². The zero-order chi connectivity index (χ0) is 15.4. The normalized spacial score (nSPS) is 10.2. The summed E-state index contributed by atoms with van der Waals surface area (Å²) in [4.78, 5) is 26.2. The smallest absolute Gasteiger partial charge is 0.338 e. The number of carbonyl (C=O) groups is 2. The van der Waals surface area contributed by atoms with Gasteiger partial charge in [0.1, 0.15) is 11.6 Å². The molecular weight excluding hydrogens is 281 g/mol. The SMILES string of the molecule is Cc1cnc(CNC(=O)Nc2ccc(C(=O)O)c(F)c2)o1. The number of halogens is 1. The Labute approximate surface area is 118 Å². The molecule has 1 aromatic heterocycles. The molecule has 0 aliphatic carbocycles. The second-order valence-corrected chi connectivity index (χ2v) is 4.17. The molecule has 2 amide bonds. The zero-order valence-corrected chi connectivity index (χ0v) is 11.0. The van der Waals surface area contributed by atoms with Crippen molar-refractivity contribution in [3.05, 3.63) is 47.4 Å². The first-order valence-electron chi connectivity index (χ1n) is 5.94. The number of oxazole rings is 1. The second-order valence-electron chi connectivity index (χ2n) is 4.17. The van der Waals surface area contributed by atoms with Gasteiger partial charge >= 0.3 is 12.0 Å². The Morgan fingerprint density at radius 2 is 2.19 bits per heavy atom. The molecule has 0 spiro atoms. The highest BCUT2D eigenvalue weighted by Crippen LogP contribution is 2.14. The number of carboxylic acid groups (broad SMARTS) is 1. The molecule has 110 valence electrons. The quantitative estimate of drug-likeness (QED) is 0.801. The molecule has 0 saturated carbocycles. The third kappa shape index (κ3) is 3.78. The van der Waals surface area contributed by atoms with E-state index in [2.05, 4.69) is 15.6 Å². The van der Waals surface area contributed by atoms with Crippen molar-refractivity contribution in [2.24, 2.45) is 0 Å². The van der Waals surface area contributed by atoms with E-state index in [1.165, 1.54) is 12.3 Å². The van der Waals surface area contributed by atoms with E-state index in [1.807, 2.05) is 0 Å². The lowest BCUT2D eigenvalue weighted by Crippen LogP contribution is -2.28. The number of carboxylic acids is 1. The monoisotopic (exact) mass is 293 g/mol. The Morgan fingerprint density at radius 1 is 1.43 bits per heavy atom. The highest BCUT2D eigenvalue weighted by molar-refractivity contribution is 5.91. The minimum Gasteiger partial charge on any atom is -0.478 e. The van der Waals surface area contributed by atoms with E-state index in [4.69, 9.17) is 9.52 Å². The molecule has 3 N–H and O–H groups in total. The topological polar surface area (TPSA) is 104 Å². The predicted molar refractivity (Wildman–Crippen MR) is 70.5 cm³/mol. The third-order valence-electron chi connectivity index (χ3n) is 2.53. The van der Waals surface area contributed by atoms with Gasteiger partial charge in [0.25, 0.3) is 0 Å². The lowest BCUT2D eigenvalue weighted by Gasteiger charge is -2.07. The van der Waals surface area contributed by atoms with Crippen LogP contribution < -0.4 is 10.6 Å². The number of benzene rings is 1. The molecule has 0 aliphatic heterocycles. The van der Waals surface area contributed by atoms with Crippen LogP contribution in [0.3, 0.4) is 0 Å². The van der Waals surface area contributed by atoms with Crippen molar-refractivity contribution in [3.8, 4) is 0 Å². The third-order valence-corrected chi connectivity index (χ3v) is 2.53. The summed E-state index contributed by atoms with van der Waals surface area (Å²) >= 11 is 0. The zero-order valence-electron chi connectivity index (χ0n) is 11.0. The van der Waals surface area contributed by atoms with Gasteiger partial charge in [-0.3, -0.25) is 0 Å². The first-order valence-corrected chi connectivity index (χ1v) is 5.94. The number of nitrogens with zero attached hydrogens (tertiary/aromatic N) is 1. The molecule has 0 bridgehead atoms. The van der Waals surface area contributed by atoms with Gasteiger partial charge in [0.15, 0.2) is 0 Å². The number of hydrogen-bond donors (Lipinski definition) is 3. The number of aryl methyl sites for hydroxylation is 1. The van der Waals surface area contributed by atoms with Crippen LogP contribution in [0, 0.1) is 12.7 Å². The molecule has 1 heterocycles. The highest BCUT2D eigenvalue weighted by Gasteiger charge is 2.11. The van der Waals surface area contributed by atoms with E-state index in [9.17, 15) is 14.0 Å². The van der Waals surface area contributed by atoms with Crippen molar-refractivity contribution in [3.63, 3.8) is 0 Å². The van der Waals surface area contributed by atoms with Crippen LogP contribution >= 0.6 is 0 Å². The minimum atomic E-state index is -1.37. The van der Waals surface area contributed by atoms with E-state index in [1.54, 1.807) is 6.92 Å². The van der Waals surface area contributed by atoms with Gasteiger partial charge in [0, 0.05) is 5.69 Å². The number of urea groups is 1. The Kier molecular flexibility index (Phi) is 4.17. The second kappa shape index (κ2) is 6.04. The van der Waals surface area contributed by atoms with Gasteiger partial charge in [-0.25, -0.2) is 19.0 Å². The summed E-state index contributed by atoms with van der Waals surface area (Å²) in [5.41, 5.74) is -0.324. The Hall–Kier alpha value is -2.90. The fourth-order valence-electron chi connectivity index (χ4n) is 1.58.